The predicted molar refractivity (Wildman–Crippen MR) is 121 cm³/mol. The lowest BCUT2D eigenvalue weighted by atomic mass is 10.1. The number of nitrogens with zero attached hydrogens (tertiary/aromatic N) is 5. The van der Waals surface area contributed by atoms with E-state index in [0.717, 1.165) is 34.2 Å². The fourth-order valence-corrected chi connectivity index (χ4v) is 4.07. The Bertz CT molecular complexity index is 1200. The molecule has 3 aromatic rings. The zero-order valence-corrected chi connectivity index (χ0v) is 18.2. The molecule has 1 fully saturated rings. The molecule has 0 amide bonds. The molecule has 32 heavy (non-hydrogen) atoms. The smallest absolute Gasteiger partial charge is 0.188 e. The van der Waals surface area contributed by atoms with Crippen LogP contribution in [0.1, 0.15) is 18.2 Å². The van der Waals surface area contributed by atoms with Crippen molar-refractivity contribution < 1.29 is 13.9 Å². The Kier molecular flexibility index (Phi) is 5.05. The number of fused-ring (bicyclic) bond motifs is 1. The number of amidine groups is 1. The molecule has 2 aromatic carbocycles. The molecule has 5 rings (SSSR count). The normalized spacial score (nSPS) is 19.1. The van der Waals surface area contributed by atoms with Crippen molar-refractivity contribution in [3.8, 4) is 11.4 Å². The lowest BCUT2D eigenvalue weighted by Crippen LogP contribution is -2.49. The van der Waals surface area contributed by atoms with Crippen LogP contribution >= 0.6 is 0 Å². The molecule has 2 aliphatic rings. The van der Waals surface area contributed by atoms with Crippen molar-refractivity contribution in [3.05, 3.63) is 77.8 Å². The number of methoxy groups -OCH3 is 1. The average Bonchev–Trinajstić information content (AvgIpc) is 3.37. The largest absolute Gasteiger partial charge is 0.495 e. The summed E-state index contributed by atoms with van der Waals surface area (Å²) >= 11 is 0. The number of aromatic nitrogens is 2. The highest BCUT2D eigenvalue weighted by Gasteiger charge is 2.36. The number of halogens is 1. The molecule has 0 saturated carbocycles. The summed E-state index contributed by atoms with van der Waals surface area (Å²) in [7, 11) is 1.65. The van der Waals surface area contributed by atoms with Gasteiger partial charge in [-0.3, -0.25) is 10.0 Å². The van der Waals surface area contributed by atoms with Gasteiger partial charge in [-0.05, 0) is 61.9 Å². The maximum atomic E-state index is 13.4. The Hall–Kier alpha value is -3.81. The zero-order chi connectivity index (χ0) is 22.2. The number of anilines is 1. The summed E-state index contributed by atoms with van der Waals surface area (Å²) in [4.78, 5) is 9.11. The van der Waals surface area contributed by atoms with Gasteiger partial charge in [0.1, 0.15) is 24.3 Å². The van der Waals surface area contributed by atoms with Gasteiger partial charge in [-0.2, -0.15) is 0 Å². The van der Waals surface area contributed by atoms with E-state index in [-0.39, 0.29) is 12.0 Å². The van der Waals surface area contributed by atoms with Crippen LogP contribution in [-0.4, -0.2) is 46.8 Å². The van der Waals surface area contributed by atoms with Gasteiger partial charge in [0.25, 0.3) is 0 Å². The highest BCUT2D eigenvalue weighted by molar-refractivity contribution is 6.03. The van der Waals surface area contributed by atoms with Gasteiger partial charge in [-0.1, -0.05) is 6.07 Å². The second-order valence-electron chi connectivity index (χ2n) is 7.74. The van der Waals surface area contributed by atoms with Crippen molar-refractivity contribution in [3.63, 3.8) is 0 Å². The molecule has 0 radical (unpaired) electrons. The Morgan fingerprint density at radius 1 is 1.19 bits per heavy atom. The van der Waals surface area contributed by atoms with E-state index in [1.54, 1.807) is 25.6 Å². The highest BCUT2D eigenvalue weighted by atomic mass is 19.1. The molecule has 7 nitrogen and oxygen atoms in total. The van der Waals surface area contributed by atoms with E-state index < -0.39 is 0 Å². The van der Waals surface area contributed by atoms with E-state index in [0.29, 0.717) is 18.9 Å². The first-order chi connectivity index (χ1) is 15.5. The number of hydrogen-bond donors (Lipinski definition) is 0. The van der Waals surface area contributed by atoms with Crippen LogP contribution in [-0.2, 0) is 4.74 Å². The average molecular weight is 433 g/mol. The van der Waals surface area contributed by atoms with Crippen LogP contribution in [0.3, 0.4) is 0 Å². The highest BCUT2D eigenvalue weighted by Crippen LogP contribution is 2.31. The molecular formula is C24H24FN5O2. The van der Waals surface area contributed by atoms with Gasteiger partial charge < -0.3 is 14.0 Å². The second-order valence-corrected chi connectivity index (χ2v) is 7.74. The van der Waals surface area contributed by atoms with E-state index in [1.807, 2.05) is 48.9 Å². The van der Waals surface area contributed by atoms with Crippen LogP contribution in [0.15, 0.2) is 65.7 Å². The number of hydrogen-bond acceptors (Lipinski definition) is 6. The molecule has 164 valence electrons. The number of morpholine rings is 1. The first-order valence-corrected chi connectivity index (χ1v) is 10.5. The number of benzene rings is 2. The molecule has 1 unspecified atom stereocenters. The maximum Gasteiger partial charge on any atom is 0.188 e. The van der Waals surface area contributed by atoms with E-state index in [2.05, 4.69) is 15.0 Å². The Balaban J connectivity index is 1.45. The monoisotopic (exact) mass is 433 g/mol. The van der Waals surface area contributed by atoms with E-state index >= 15 is 0 Å². The summed E-state index contributed by atoms with van der Waals surface area (Å²) in [5.74, 6) is 1.94. The van der Waals surface area contributed by atoms with Crippen molar-refractivity contribution in [1.82, 2.24) is 14.6 Å². The summed E-state index contributed by atoms with van der Waals surface area (Å²) in [5, 5.41) is 4.16. The van der Waals surface area contributed by atoms with Crippen LogP contribution < -0.4 is 9.75 Å². The topological polar surface area (TPSA) is 55.1 Å². The van der Waals surface area contributed by atoms with E-state index in [1.165, 1.54) is 12.1 Å². The number of imidazole rings is 1. The quantitative estimate of drug-likeness (QED) is 0.618. The summed E-state index contributed by atoms with van der Waals surface area (Å²) in [6.45, 7) is 5.16. The summed E-state index contributed by atoms with van der Waals surface area (Å²) in [5.41, 5.74) is 3.68. The van der Waals surface area contributed by atoms with Crippen molar-refractivity contribution in [2.45, 2.75) is 20.0 Å². The molecular weight excluding hydrogens is 409 g/mol. The van der Waals surface area contributed by atoms with Gasteiger partial charge in [0.2, 0.25) is 0 Å². The van der Waals surface area contributed by atoms with Gasteiger partial charge >= 0.3 is 0 Å². The Morgan fingerprint density at radius 3 is 2.72 bits per heavy atom. The first-order valence-electron chi connectivity index (χ1n) is 10.5. The summed E-state index contributed by atoms with van der Waals surface area (Å²) in [6.07, 6.45) is 5.57. The number of aryl methyl sites for hydroxylation is 1. The van der Waals surface area contributed by atoms with Crippen molar-refractivity contribution in [2.75, 3.05) is 25.3 Å². The number of hydrazine groups is 1. The molecule has 0 spiro atoms. The van der Waals surface area contributed by atoms with Crippen LogP contribution in [0.4, 0.5) is 10.1 Å². The van der Waals surface area contributed by atoms with Gasteiger partial charge in [0.05, 0.1) is 37.1 Å². The molecule has 0 bridgehead atoms. The molecule has 1 aromatic heterocycles. The molecule has 0 N–H and O–H groups in total. The van der Waals surface area contributed by atoms with Gasteiger partial charge in [0.15, 0.2) is 11.6 Å². The minimum absolute atomic E-state index is 0.123. The molecule has 3 heterocycles. The van der Waals surface area contributed by atoms with Gasteiger partial charge in [0, 0.05) is 6.20 Å². The predicted octanol–water partition coefficient (Wildman–Crippen LogP) is 4.18. The third-order valence-corrected chi connectivity index (χ3v) is 5.53. The fraction of sp³-hybridized carbons (Fsp3) is 0.250. The minimum atomic E-state index is -0.257. The summed E-state index contributed by atoms with van der Waals surface area (Å²) < 4.78 is 27.0. The van der Waals surface area contributed by atoms with Crippen molar-refractivity contribution >= 4 is 17.6 Å². The third-order valence-electron chi connectivity index (χ3n) is 5.53. The lowest BCUT2D eigenvalue weighted by molar-refractivity contribution is 0.169. The molecule has 2 aliphatic heterocycles. The Morgan fingerprint density at radius 2 is 2.00 bits per heavy atom. The third kappa shape index (κ3) is 3.57. The van der Waals surface area contributed by atoms with Gasteiger partial charge in [-0.25, -0.2) is 14.4 Å². The standard InChI is InChI=1S/C24H24FN5O2/c1-16-14-28(15-26-16)21-9-4-18(12-22(21)31-3)13-23-24-27-17(2)30(29(24)10-11-32-23)20-7-5-19(25)6-8-20/h4-9,12-15,17H,10-11H2,1-3H3/b23-13-. The van der Waals surface area contributed by atoms with E-state index in [4.69, 9.17) is 14.5 Å². The fourth-order valence-electron chi connectivity index (χ4n) is 4.07. The Labute approximate surface area is 186 Å². The molecule has 8 heteroatoms. The van der Waals surface area contributed by atoms with E-state index in [9.17, 15) is 4.39 Å². The minimum Gasteiger partial charge on any atom is -0.495 e. The molecule has 0 aliphatic carbocycles. The van der Waals surface area contributed by atoms with Crippen molar-refractivity contribution in [2.24, 2.45) is 4.99 Å². The zero-order valence-electron chi connectivity index (χ0n) is 18.2. The lowest BCUT2D eigenvalue weighted by Gasteiger charge is -2.37. The van der Waals surface area contributed by atoms with Crippen LogP contribution in [0, 0.1) is 12.7 Å². The van der Waals surface area contributed by atoms with Crippen LogP contribution in [0.2, 0.25) is 0 Å². The number of aliphatic imine (C=N–C) groups is 1. The van der Waals surface area contributed by atoms with Crippen LogP contribution in [0.5, 0.6) is 5.75 Å². The number of ether oxygens (including phenoxy) is 2. The molecule has 1 saturated heterocycles. The van der Waals surface area contributed by atoms with Gasteiger partial charge in [-0.15, -0.1) is 0 Å². The molecule has 1 atom stereocenters. The summed E-state index contributed by atoms with van der Waals surface area (Å²) in [6, 6.07) is 12.4. The number of rotatable bonds is 4. The SMILES string of the molecule is COc1cc(/C=C2\OCCN3C2=NC(C)N3c2ccc(F)cc2)ccc1-n1cnc(C)c1. The van der Waals surface area contributed by atoms with Crippen molar-refractivity contribution in [1.29, 1.82) is 0 Å². The second kappa shape index (κ2) is 8.03. The first kappa shape index (κ1) is 20.1. The maximum absolute atomic E-state index is 13.4. The van der Waals surface area contributed by atoms with Crippen LogP contribution in [0.25, 0.3) is 11.8 Å².